The molecule has 0 amide bonds. The van der Waals surface area contributed by atoms with Gasteiger partial charge in [-0.1, -0.05) is 0 Å². The summed E-state index contributed by atoms with van der Waals surface area (Å²) in [5.41, 5.74) is 0.924. The maximum absolute atomic E-state index is 10.8. The van der Waals surface area contributed by atoms with E-state index in [2.05, 4.69) is 36.6 Å². The van der Waals surface area contributed by atoms with E-state index in [1.54, 1.807) is 17.5 Å². The first kappa shape index (κ1) is 27.3. The Bertz CT molecular complexity index is 775. The summed E-state index contributed by atoms with van der Waals surface area (Å²) in [5, 5.41) is 19.0. The minimum absolute atomic E-state index is 0.298. The summed E-state index contributed by atoms with van der Waals surface area (Å²) in [6, 6.07) is 3.29. The van der Waals surface area contributed by atoms with Gasteiger partial charge in [0.25, 0.3) is 0 Å². The number of aliphatic hydroxyl groups excluding tert-OH is 1. The first-order valence-electron chi connectivity index (χ1n) is 5.89. The SMILES string of the molecule is CO.COC(=O)c1ccsc1Br.O=C(O)c1ccsc1Br.O=S(=O)(O)O. The predicted octanol–water partition coefficient (Wildman–Crippen LogP) is 3.46. The van der Waals surface area contributed by atoms with Crippen LogP contribution in [0.1, 0.15) is 20.7 Å². The molecule has 2 rings (SSSR count). The Labute approximate surface area is 174 Å². The van der Waals surface area contributed by atoms with Crippen molar-refractivity contribution in [1.82, 2.24) is 0 Å². The van der Waals surface area contributed by atoms with Crippen molar-refractivity contribution in [3.05, 3.63) is 41.6 Å². The molecule has 2 aromatic heterocycles. The molecule has 0 aliphatic heterocycles. The summed E-state index contributed by atoms with van der Waals surface area (Å²) < 4.78 is 37.6. The van der Waals surface area contributed by atoms with Crippen molar-refractivity contribution in [3.63, 3.8) is 0 Å². The number of methoxy groups -OCH3 is 1. The number of rotatable bonds is 2. The fraction of sp³-hybridized carbons (Fsp3) is 0.167. The third-order valence-electron chi connectivity index (χ3n) is 1.87. The number of hydrogen-bond donors (Lipinski definition) is 4. The van der Waals surface area contributed by atoms with Gasteiger partial charge in [-0.05, 0) is 54.8 Å². The average Bonchev–Trinajstić information content (AvgIpc) is 3.16. The number of ether oxygens (including phenoxy) is 1. The Kier molecular flexibility index (Phi) is 15.0. The van der Waals surface area contributed by atoms with E-state index >= 15 is 0 Å². The van der Waals surface area contributed by atoms with Gasteiger partial charge < -0.3 is 14.9 Å². The molecule has 0 bridgehead atoms. The maximum atomic E-state index is 10.8. The Balaban J connectivity index is 0. The number of halogens is 2. The highest BCUT2D eigenvalue weighted by Gasteiger charge is 2.09. The van der Waals surface area contributed by atoms with Crippen molar-refractivity contribution in [1.29, 1.82) is 0 Å². The molecule has 0 aromatic carbocycles. The van der Waals surface area contributed by atoms with Crippen LogP contribution >= 0.6 is 54.5 Å². The zero-order chi connectivity index (χ0) is 20.9. The van der Waals surface area contributed by atoms with Crippen LogP contribution in [0.5, 0.6) is 0 Å². The molecular weight excluding hydrogens is 544 g/mol. The summed E-state index contributed by atoms with van der Waals surface area (Å²) in [6.07, 6.45) is 0. The Morgan fingerprint density at radius 1 is 1.00 bits per heavy atom. The molecule has 4 N–H and O–H groups in total. The van der Waals surface area contributed by atoms with Gasteiger partial charge >= 0.3 is 22.3 Å². The fourth-order valence-corrected chi connectivity index (χ4v) is 3.45. The Morgan fingerprint density at radius 2 is 1.35 bits per heavy atom. The molecule has 0 fully saturated rings. The molecule has 0 aliphatic rings. The standard InChI is InChI=1S/C6H5BrO2S.C5H3BrO2S.CH4O.H2O4S/c1-9-6(8)4-2-3-10-5(4)7;6-4-3(5(7)8)1-2-9-4;1-2;1-5(2,3)4/h2-3H,1H3;1-2H,(H,7,8);2H,1H3;(H2,1,2,3,4). The van der Waals surface area contributed by atoms with E-state index in [0.717, 1.165) is 10.9 Å². The molecule has 2 aromatic rings. The normalized spacial score (nSPS) is 9.35. The monoisotopic (exact) mass is 556 g/mol. The third kappa shape index (κ3) is 13.3. The number of carbonyl (C=O) groups is 2. The second-order valence-electron chi connectivity index (χ2n) is 3.46. The first-order valence-corrected chi connectivity index (χ1v) is 10.6. The number of aromatic carboxylic acids is 1. The van der Waals surface area contributed by atoms with Crippen LogP contribution in [0.25, 0.3) is 0 Å². The summed E-state index contributed by atoms with van der Waals surface area (Å²) >= 11 is 9.16. The van der Waals surface area contributed by atoms with Crippen molar-refractivity contribution in [2.75, 3.05) is 14.2 Å². The molecule has 0 spiro atoms. The van der Waals surface area contributed by atoms with E-state index in [1.807, 2.05) is 5.38 Å². The molecule has 0 saturated heterocycles. The van der Waals surface area contributed by atoms with Gasteiger partial charge in [-0.15, -0.1) is 22.7 Å². The third-order valence-corrected chi connectivity index (χ3v) is 5.25. The summed E-state index contributed by atoms with van der Waals surface area (Å²) in [5.74, 6) is -1.18. The molecule has 0 atom stereocenters. The molecule has 0 saturated carbocycles. The van der Waals surface area contributed by atoms with Crippen LogP contribution in [0.4, 0.5) is 0 Å². The van der Waals surface area contributed by atoms with E-state index in [9.17, 15) is 9.59 Å². The highest BCUT2D eigenvalue weighted by molar-refractivity contribution is 9.11. The molecule has 148 valence electrons. The number of carbonyl (C=O) groups excluding carboxylic acids is 1. The topological polar surface area (TPSA) is 158 Å². The molecule has 26 heavy (non-hydrogen) atoms. The van der Waals surface area contributed by atoms with E-state index < -0.39 is 16.4 Å². The van der Waals surface area contributed by atoms with Crippen LogP contribution in [0.3, 0.4) is 0 Å². The molecule has 9 nitrogen and oxygen atoms in total. The number of carboxylic acids is 1. The van der Waals surface area contributed by atoms with E-state index in [1.165, 1.54) is 29.8 Å². The van der Waals surface area contributed by atoms with Gasteiger partial charge in [0.05, 0.1) is 25.8 Å². The average molecular weight is 558 g/mol. The minimum Gasteiger partial charge on any atom is -0.478 e. The van der Waals surface area contributed by atoms with Gasteiger partial charge in [-0.3, -0.25) is 9.11 Å². The summed E-state index contributed by atoms with van der Waals surface area (Å²) in [6.45, 7) is 0. The maximum Gasteiger partial charge on any atom is 0.394 e. The van der Waals surface area contributed by atoms with Crippen molar-refractivity contribution in [2.24, 2.45) is 0 Å². The minimum atomic E-state index is -4.67. The molecule has 0 aliphatic carbocycles. The van der Waals surface area contributed by atoms with E-state index in [-0.39, 0.29) is 5.97 Å². The number of thiophene rings is 2. The lowest BCUT2D eigenvalue weighted by atomic mass is 10.4. The smallest absolute Gasteiger partial charge is 0.394 e. The number of esters is 1. The second kappa shape index (κ2) is 14.2. The van der Waals surface area contributed by atoms with Crippen LogP contribution in [0.15, 0.2) is 30.5 Å². The lowest BCUT2D eigenvalue weighted by Crippen LogP contribution is -1.98. The van der Waals surface area contributed by atoms with Crippen LogP contribution < -0.4 is 0 Å². The highest BCUT2D eigenvalue weighted by atomic mass is 79.9. The van der Waals surface area contributed by atoms with Crippen molar-refractivity contribution >= 4 is 76.9 Å². The Morgan fingerprint density at radius 3 is 1.54 bits per heavy atom. The lowest BCUT2D eigenvalue weighted by Gasteiger charge is -1.93. The summed E-state index contributed by atoms with van der Waals surface area (Å²) in [7, 11) is -2.30. The molecule has 0 radical (unpaired) electrons. The summed E-state index contributed by atoms with van der Waals surface area (Å²) in [4.78, 5) is 21.1. The van der Waals surface area contributed by atoms with Gasteiger partial charge in [0.15, 0.2) is 0 Å². The van der Waals surface area contributed by atoms with Crippen molar-refractivity contribution in [2.45, 2.75) is 0 Å². The van der Waals surface area contributed by atoms with Crippen LogP contribution in [0, 0.1) is 0 Å². The van der Waals surface area contributed by atoms with Crippen LogP contribution in [-0.2, 0) is 15.1 Å². The number of aliphatic hydroxyl groups is 1. The Hall–Kier alpha value is -0.870. The first-order chi connectivity index (χ1) is 12.0. The molecule has 2 heterocycles. The number of carboxylic acid groups (broad SMARTS) is 1. The molecule has 0 unspecified atom stereocenters. The predicted molar refractivity (Wildman–Crippen MR) is 105 cm³/mol. The molecule has 14 heteroatoms. The van der Waals surface area contributed by atoms with Crippen molar-refractivity contribution in [3.8, 4) is 0 Å². The van der Waals surface area contributed by atoms with E-state index in [4.69, 9.17) is 27.7 Å². The van der Waals surface area contributed by atoms with Gasteiger partial charge in [0, 0.05) is 7.11 Å². The van der Waals surface area contributed by atoms with E-state index in [0.29, 0.717) is 14.9 Å². The second-order valence-corrected chi connectivity index (χ2v) is 8.82. The van der Waals surface area contributed by atoms with Gasteiger partial charge in [0.2, 0.25) is 0 Å². The lowest BCUT2D eigenvalue weighted by molar-refractivity contribution is 0.0599. The zero-order valence-electron chi connectivity index (χ0n) is 13.1. The molecular formula is C12H14Br2O9S3. The van der Waals surface area contributed by atoms with Gasteiger partial charge in [-0.25, -0.2) is 9.59 Å². The fourth-order valence-electron chi connectivity index (χ4n) is 0.995. The van der Waals surface area contributed by atoms with Gasteiger partial charge in [-0.2, -0.15) is 8.42 Å². The van der Waals surface area contributed by atoms with Gasteiger partial charge in [0.1, 0.15) is 0 Å². The number of hydrogen-bond acceptors (Lipinski definition) is 8. The van der Waals surface area contributed by atoms with Crippen molar-refractivity contribution < 1.29 is 42.1 Å². The quantitative estimate of drug-likeness (QED) is 0.320. The van der Waals surface area contributed by atoms with Crippen LogP contribution in [-0.4, -0.2) is 53.9 Å². The highest BCUT2D eigenvalue weighted by Crippen LogP contribution is 2.23. The zero-order valence-corrected chi connectivity index (χ0v) is 18.7. The van der Waals surface area contributed by atoms with Crippen LogP contribution in [0.2, 0.25) is 0 Å². The largest absolute Gasteiger partial charge is 0.478 e.